The van der Waals surface area contributed by atoms with E-state index in [2.05, 4.69) is 10.6 Å². The Balaban J connectivity index is 4.49. The largest absolute Gasteiger partial charge is 0.480 e. The van der Waals surface area contributed by atoms with Crippen molar-refractivity contribution in [3.8, 4) is 0 Å². The Bertz CT molecular complexity index is 399. The van der Waals surface area contributed by atoms with E-state index in [-0.39, 0.29) is 19.6 Å². The van der Waals surface area contributed by atoms with Gasteiger partial charge >= 0.3 is 23.9 Å². The second kappa shape index (κ2) is 10.5. The van der Waals surface area contributed by atoms with Crippen molar-refractivity contribution >= 4 is 23.9 Å². The normalized spacial score (nSPS) is 11.1. The van der Waals surface area contributed by atoms with E-state index >= 15 is 0 Å². The molecule has 0 amide bonds. The summed E-state index contributed by atoms with van der Waals surface area (Å²) in [7, 11) is 0. The number of carbonyl (C=O) groups is 4. The molecule has 0 unspecified atom stereocenters. The average Bonchev–Trinajstić information content (AvgIpc) is 2.34. The van der Waals surface area contributed by atoms with Crippen molar-refractivity contribution in [1.82, 2.24) is 10.6 Å². The number of aliphatic carboxylic acids is 4. The molecule has 0 aliphatic carbocycles. The first-order chi connectivity index (χ1) is 10.7. The maximum absolute atomic E-state index is 10.9. The van der Waals surface area contributed by atoms with Crippen molar-refractivity contribution in [2.24, 2.45) is 0 Å². The lowest BCUT2D eigenvalue weighted by atomic mass is 10.3. The summed E-state index contributed by atoms with van der Waals surface area (Å²) in [5, 5.41) is 40.7. The van der Waals surface area contributed by atoms with Crippen molar-refractivity contribution in [2.45, 2.75) is 0 Å². The summed E-state index contributed by atoms with van der Waals surface area (Å²) in [4.78, 5) is 43.1. The van der Waals surface area contributed by atoms with Crippen LogP contribution in [0.25, 0.3) is 0 Å². The smallest absolute Gasteiger partial charge is 0.359 e. The number of nitrogens with one attached hydrogen (secondary N) is 2. The van der Waals surface area contributed by atoms with Crippen LogP contribution in [0.1, 0.15) is 0 Å². The van der Waals surface area contributed by atoms with Crippen LogP contribution in [0.3, 0.4) is 0 Å². The van der Waals surface area contributed by atoms with E-state index in [1.807, 2.05) is 0 Å². The third kappa shape index (κ3) is 11.0. The molecule has 0 saturated carbocycles. The standard InChI is InChI=1S/C12H21N3O8/c16-9(17)5-14-2-1-13-3-4-15(6-10(18)19,7-11(20)21)8-12(22)23/h13-14H,1-8H2,(H3-,16,17,18,19,20,21,22,23)/p+1. The van der Waals surface area contributed by atoms with Crippen molar-refractivity contribution in [2.75, 3.05) is 52.4 Å². The molecule has 0 aliphatic rings. The topological polar surface area (TPSA) is 173 Å². The fourth-order valence-electron chi connectivity index (χ4n) is 2.08. The van der Waals surface area contributed by atoms with E-state index in [4.69, 9.17) is 20.4 Å². The molecule has 132 valence electrons. The Kier molecular flexibility index (Phi) is 9.46. The van der Waals surface area contributed by atoms with Crippen LogP contribution in [-0.2, 0) is 19.2 Å². The monoisotopic (exact) mass is 336 g/mol. The Hall–Kier alpha value is -2.24. The first-order valence-electron chi connectivity index (χ1n) is 6.80. The van der Waals surface area contributed by atoms with Gasteiger partial charge in [0, 0.05) is 19.6 Å². The Morgan fingerprint density at radius 1 is 0.652 bits per heavy atom. The first-order valence-corrected chi connectivity index (χ1v) is 6.80. The summed E-state index contributed by atoms with van der Waals surface area (Å²) in [6.45, 7) is -1.11. The lowest BCUT2D eigenvalue weighted by Gasteiger charge is -2.34. The van der Waals surface area contributed by atoms with Crippen LogP contribution in [-0.4, -0.2) is 101 Å². The Morgan fingerprint density at radius 3 is 1.48 bits per heavy atom. The van der Waals surface area contributed by atoms with Gasteiger partial charge in [0.15, 0.2) is 19.6 Å². The quantitative estimate of drug-likeness (QED) is 0.145. The van der Waals surface area contributed by atoms with Gasteiger partial charge in [-0.25, -0.2) is 14.4 Å². The average molecular weight is 336 g/mol. The second-order valence-corrected chi connectivity index (χ2v) is 5.04. The highest BCUT2D eigenvalue weighted by molar-refractivity contribution is 5.73. The third-order valence-corrected chi connectivity index (χ3v) is 2.93. The highest BCUT2D eigenvalue weighted by Crippen LogP contribution is 2.06. The summed E-state index contributed by atoms with van der Waals surface area (Å²) in [5.74, 6) is -4.84. The van der Waals surface area contributed by atoms with E-state index in [9.17, 15) is 19.2 Å². The Labute approximate surface area is 132 Å². The number of carboxylic acids is 4. The van der Waals surface area contributed by atoms with Crippen molar-refractivity contribution < 1.29 is 44.1 Å². The van der Waals surface area contributed by atoms with Gasteiger partial charge in [-0.2, -0.15) is 0 Å². The van der Waals surface area contributed by atoms with E-state index in [1.165, 1.54) is 0 Å². The summed E-state index contributed by atoms with van der Waals surface area (Å²) in [6.07, 6.45) is 0. The molecule has 11 heteroatoms. The van der Waals surface area contributed by atoms with E-state index < -0.39 is 48.0 Å². The molecule has 23 heavy (non-hydrogen) atoms. The molecule has 11 nitrogen and oxygen atoms in total. The molecule has 0 radical (unpaired) electrons. The minimum atomic E-state index is -1.28. The van der Waals surface area contributed by atoms with Crippen LogP contribution >= 0.6 is 0 Å². The molecule has 0 bridgehead atoms. The number of rotatable bonds is 14. The molecule has 0 atom stereocenters. The van der Waals surface area contributed by atoms with Gasteiger partial charge in [-0.1, -0.05) is 0 Å². The Morgan fingerprint density at radius 2 is 1.09 bits per heavy atom. The molecule has 0 aliphatic heterocycles. The molecule has 0 fully saturated rings. The van der Waals surface area contributed by atoms with E-state index in [0.29, 0.717) is 13.1 Å². The molecule has 0 heterocycles. The van der Waals surface area contributed by atoms with Crippen molar-refractivity contribution in [3.05, 3.63) is 0 Å². The zero-order valence-corrected chi connectivity index (χ0v) is 12.5. The van der Waals surface area contributed by atoms with Gasteiger partial charge in [0.2, 0.25) is 0 Å². The molecule has 0 rings (SSSR count). The van der Waals surface area contributed by atoms with E-state index in [0.717, 1.165) is 0 Å². The molecular formula is C12H22N3O8+. The molecular weight excluding hydrogens is 314 g/mol. The fraction of sp³-hybridized carbons (Fsp3) is 0.667. The molecule has 0 aromatic heterocycles. The molecule has 0 aromatic carbocycles. The van der Waals surface area contributed by atoms with Gasteiger partial charge in [-0.15, -0.1) is 0 Å². The first kappa shape index (κ1) is 20.8. The number of nitrogens with zero attached hydrogens (tertiary/aromatic N) is 1. The maximum atomic E-state index is 10.9. The predicted molar refractivity (Wildman–Crippen MR) is 76.0 cm³/mol. The van der Waals surface area contributed by atoms with Gasteiger partial charge in [-0.05, 0) is 0 Å². The number of hydrogen-bond acceptors (Lipinski definition) is 6. The number of quaternary nitrogens is 1. The lowest BCUT2D eigenvalue weighted by molar-refractivity contribution is -0.906. The fourth-order valence-corrected chi connectivity index (χ4v) is 2.08. The van der Waals surface area contributed by atoms with Gasteiger partial charge < -0.3 is 31.1 Å². The highest BCUT2D eigenvalue weighted by Gasteiger charge is 2.35. The summed E-state index contributed by atoms with van der Waals surface area (Å²) < 4.78 is -0.616. The summed E-state index contributed by atoms with van der Waals surface area (Å²) in [6, 6.07) is 0. The van der Waals surface area contributed by atoms with Crippen LogP contribution < -0.4 is 10.6 Å². The SMILES string of the molecule is O=C(O)CNCCNCC[N+](CC(=O)O)(CC(=O)O)CC(=O)O. The summed E-state index contributed by atoms with van der Waals surface area (Å²) >= 11 is 0. The molecule has 0 spiro atoms. The summed E-state index contributed by atoms with van der Waals surface area (Å²) in [5.41, 5.74) is 0. The number of carboxylic acid groups (broad SMARTS) is 4. The van der Waals surface area contributed by atoms with Crippen LogP contribution in [0.2, 0.25) is 0 Å². The van der Waals surface area contributed by atoms with Crippen molar-refractivity contribution in [1.29, 1.82) is 0 Å². The zero-order chi connectivity index (χ0) is 17.9. The number of hydrogen-bond donors (Lipinski definition) is 6. The molecule has 0 aromatic rings. The van der Waals surface area contributed by atoms with Gasteiger partial charge in [0.1, 0.15) is 0 Å². The zero-order valence-electron chi connectivity index (χ0n) is 12.5. The third-order valence-electron chi connectivity index (χ3n) is 2.93. The van der Waals surface area contributed by atoms with Crippen LogP contribution in [0.15, 0.2) is 0 Å². The minimum Gasteiger partial charge on any atom is -0.480 e. The van der Waals surface area contributed by atoms with Crippen LogP contribution in [0.4, 0.5) is 0 Å². The predicted octanol–water partition coefficient (Wildman–Crippen LogP) is -2.68. The molecule has 0 saturated heterocycles. The van der Waals surface area contributed by atoms with E-state index in [1.54, 1.807) is 0 Å². The lowest BCUT2D eigenvalue weighted by Crippen LogP contribution is -2.59. The van der Waals surface area contributed by atoms with Gasteiger partial charge in [0.25, 0.3) is 0 Å². The highest BCUT2D eigenvalue weighted by atomic mass is 16.4. The second-order valence-electron chi connectivity index (χ2n) is 5.04. The van der Waals surface area contributed by atoms with Gasteiger partial charge in [0.05, 0.1) is 13.1 Å². The minimum absolute atomic E-state index is 0.00380. The van der Waals surface area contributed by atoms with Crippen molar-refractivity contribution in [3.63, 3.8) is 0 Å². The van der Waals surface area contributed by atoms with Crippen LogP contribution in [0, 0.1) is 0 Å². The molecule has 6 N–H and O–H groups in total. The van der Waals surface area contributed by atoms with Crippen LogP contribution in [0.5, 0.6) is 0 Å². The van der Waals surface area contributed by atoms with Gasteiger partial charge in [-0.3, -0.25) is 9.28 Å². The maximum Gasteiger partial charge on any atom is 0.359 e.